The van der Waals surface area contributed by atoms with Crippen molar-refractivity contribution in [3.8, 4) is 11.5 Å². The molecule has 2 aromatic carbocycles. The van der Waals surface area contributed by atoms with Crippen molar-refractivity contribution in [2.24, 2.45) is 11.8 Å². The summed E-state index contributed by atoms with van der Waals surface area (Å²) in [6, 6.07) is 17.3. The molecule has 0 spiro atoms. The summed E-state index contributed by atoms with van der Waals surface area (Å²) in [4.78, 5) is 36.1. The first-order valence-electron chi connectivity index (χ1n) is 9.39. The van der Waals surface area contributed by atoms with Gasteiger partial charge in [-0.25, -0.2) is 4.79 Å². The highest BCUT2D eigenvalue weighted by atomic mass is 16.6. The van der Waals surface area contributed by atoms with Crippen LogP contribution in [0.5, 0.6) is 11.5 Å². The third-order valence-corrected chi connectivity index (χ3v) is 4.04. The molecule has 1 atom stereocenters. The smallest absolute Gasteiger partial charge is 0.412 e. The Balaban J connectivity index is 1.73. The van der Waals surface area contributed by atoms with Crippen LogP contribution in [-0.4, -0.2) is 31.2 Å². The number of rotatable bonds is 9. The zero-order valence-electron chi connectivity index (χ0n) is 16.5. The SMILES string of the molecule is CC(C)C(CC(=O)Oc1ccccc1)C(=O)OCCNC(=O)Oc1ccccc1. The Morgan fingerprint density at radius 1 is 0.862 bits per heavy atom. The van der Waals surface area contributed by atoms with Crippen LogP contribution in [0.4, 0.5) is 4.79 Å². The standard InChI is InChI=1S/C22H25NO6/c1-16(2)19(15-20(24)28-17-9-5-3-6-10-17)21(25)27-14-13-23-22(26)29-18-11-7-4-8-12-18/h3-12,16,19H,13-15H2,1-2H3,(H,23,26). The highest BCUT2D eigenvalue weighted by Crippen LogP contribution is 2.19. The van der Waals surface area contributed by atoms with Crippen LogP contribution in [0.2, 0.25) is 0 Å². The van der Waals surface area contributed by atoms with Crippen LogP contribution in [-0.2, 0) is 14.3 Å². The van der Waals surface area contributed by atoms with E-state index in [1.807, 2.05) is 26.0 Å². The molecule has 0 aliphatic heterocycles. The van der Waals surface area contributed by atoms with E-state index in [0.717, 1.165) is 0 Å². The molecule has 0 saturated carbocycles. The molecule has 0 bridgehead atoms. The van der Waals surface area contributed by atoms with E-state index in [-0.39, 0.29) is 25.5 Å². The molecule has 0 aliphatic rings. The molecular weight excluding hydrogens is 374 g/mol. The largest absolute Gasteiger partial charge is 0.464 e. The van der Waals surface area contributed by atoms with E-state index in [1.165, 1.54) is 0 Å². The van der Waals surface area contributed by atoms with Gasteiger partial charge in [-0.3, -0.25) is 9.59 Å². The van der Waals surface area contributed by atoms with Gasteiger partial charge in [0.05, 0.1) is 18.9 Å². The molecule has 7 nitrogen and oxygen atoms in total. The monoisotopic (exact) mass is 399 g/mol. The molecule has 1 N–H and O–H groups in total. The van der Waals surface area contributed by atoms with Gasteiger partial charge in [0, 0.05) is 0 Å². The van der Waals surface area contributed by atoms with Gasteiger partial charge in [0.1, 0.15) is 18.1 Å². The Kier molecular flexibility index (Phi) is 8.69. The van der Waals surface area contributed by atoms with Gasteiger partial charge in [-0.15, -0.1) is 0 Å². The molecule has 2 rings (SSSR count). The van der Waals surface area contributed by atoms with Gasteiger partial charge in [-0.1, -0.05) is 50.2 Å². The normalized spacial score (nSPS) is 11.4. The van der Waals surface area contributed by atoms with Crippen LogP contribution in [0.25, 0.3) is 0 Å². The van der Waals surface area contributed by atoms with Gasteiger partial charge in [-0.05, 0) is 30.2 Å². The Labute approximate surface area is 170 Å². The predicted octanol–water partition coefficient (Wildman–Crippen LogP) is 3.59. The number of benzene rings is 2. The number of ether oxygens (including phenoxy) is 3. The van der Waals surface area contributed by atoms with Crippen molar-refractivity contribution in [3.63, 3.8) is 0 Å². The lowest BCUT2D eigenvalue weighted by atomic mass is 9.93. The summed E-state index contributed by atoms with van der Waals surface area (Å²) < 4.78 is 15.5. The highest BCUT2D eigenvalue weighted by molar-refractivity contribution is 5.81. The lowest BCUT2D eigenvalue weighted by molar-refractivity contribution is -0.154. The van der Waals surface area contributed by atoms with Gasteiger partial charge in [0.2, 0.25) is 0 Å². The summed E-state index contributed by atoms with van der Waals surface area (Å²) in [6.07, 6.45) is -0.728. The Morgan fingerprint density at radius 2 is 1.41 bits per heavy atom. The van der Waals surface area contributed by atoms with Gasteiger partial charge in [0.25, 0.3) is 0 Å². The number of amides is 1. The van der Waals surface area contributed by atoms with E-state index in [0.29, 0.717) is 11.5 Å². The molecule has 7 heteroatoms. The minimum Gasteiger partial charge on any atom is -0.464 e. The second kappa shape index (κ2) is 11.5. The van der Waals surface area contributed by atoms with Crippen molar-refractivity contribution < 1.29 is 28.6 Å². The minimum atomic E-state index is -0.640. The number of carbonyl (C=O) groups is 3. The van der Waals surface area contributed by atoms with Crippen molar-refractivity contribution in [3.05, 3.63) is 60.7 Å². The first kappa shape index (κ1) is 21.9. The average molecular weight is 399 g/mol. The van der Waals surface area contributed by atoms with Crippen LogP contribution in [0.3, 0.4) is 0 Å². The summed E-state index contributed by atoms with van der Waals surface area (Å²) >= 11 is 0. The van der Waals surface area contributed by atoms with Crippen LogP contribution < -0.4 is 14.8 Å². The summed E-state index contributed by atoms with van der Waals surface area (Å²) in [5.74, 6) is -0.919. The van der Waals surface area contributed by atoms with E-state index in [1.54, 1.807) is 48.5 Å². The Morgan fingerprint density at radius 3 is 1.97 bits per heavy atom. The second-order valence-corrected chi connectivity index (χ2v) is 6.64. The number of hydrogen-bond acceptors (Lipinski definition) is 6. The zero-order chi connectivity index (χ0) is 21.1. The third-order valence-electron chi connectivity index (χ3n) is 4.04. The number of hydrogen-bond donors (Lipinski definition) is 1. The minimum absolute atomic E-state index is 0.0281. The fourth-order valence-corrected chi connectivity index (χ4v) is 2.48. The van der Waals surface area contributed by atoms with E-state index in [9.17, 15) is 14.4 Å². The topological polar surface area (TPSA) is 90.9 Å². The Bertz CT molecular complexity index is 791. The molecule has 0 radical (unpaired) electrons. The Hall–Kier alpha value is -3.35. The van der Waals surface area contributed by atoms with Crippen molar-refractivity contribution in [2.45, 2.75) is 20.3 Å². The molecule has 0 fully saturated rings. The van der Waals surface area contributed by atoms with Crippen LogP contribution in [0, 0.1) is 11.8 Å². The second-order valence-electron chi connectivity index (χ2n) is 6.64. The molecule has 0 aromatic heterocycles. The summed E-state index contributed by atoms with van der Waals surface area (Å²) in [5, 5.41) is 2.50. The maximum atomic E-state index is 12.3. The van der Waals surface area contributed by atoms with Crippen molar-refractivity contribution in [1.82, 2.24) is 5.32 Å². The van der Waals surface area contributed by atoms with Crippen molar-refractivity contribution >= 4 is 18.0 Å². The fraction of sp³-hybridized carbons (Fsp3) is 0.318. The van der Waals surface area contributed by atoms with Gasteiger partial charge in [0.15, 0.2) is 0 Å². The maximum absolute atomic E-state index is 12.3. The molecule has 1 unspecified atom stereocenters. The third kappa shape index (κ3) is 8.04. The first-order chi connectivity index (χ1) is 14.0. The summed E-state index contributed by atoms with van der Waals surface area (Å²) in [5.41, 5.74) is 0. The molecule has 2 aromatic rings. The summed E-state index contributed by atoms with van der Waals surface area (Å²) in [6.45, 7) is 3.73. The van der Waals surface area contributed by atoms with Crippen molar-refractivity contribution in [1.29, 1.82) is 0 Å². The lowest BCUT2D eigenvalue weighted by Gasteiger charge is -2.18. The number of esters is 2. The van der Waals surface area contributed by atoms with Crippen LogP contribution in [0.15, 0.2) is 60.7 Å². The van der Waals surface area contributed by atoms with E-state index in [4.69, 9.17) is 14.2 Å². The van der Waals surface area contributed by atoms with Gasteiger partial charge >= 0.3 is 18.0 Å². The molecule has 0 heterocycles. The number of carbonyl (C=O) groups excluding carboxylic acids is 3. The van der Waals surface area contributed by atoms with E-state index < -0.39 is 23.9 Å². The predicted molar refractivity (Wildman–Crippen MR) is 106 cm³/mol. The molecule has 1 amide bonds. The number of nitrogens with one attached hydrogen (secondary N) is 1. The molecule has 0 saturated heterocycles. The molecular formula is C22H25NO6. The van der Waals surface area contributed by atoms with Crippen LogP contribution in [0.1, 0.15) is 20.3 Å². The maximum Gasteiger partial charge on any atom is 0.412 e. The summed E-state index contributed by atoms with van der Waals surface area (Å²) in [7, 11) is 0. The molecule has 29 heavy (non-hydrogen) atoms. The van der Waals surface area contributed by atoms with Gasteiger partial charge in [-0.2, -0.15) is 0 Å². The molecule has 0 aliphatic carbocycles. The highest BCUT2D eigenvalue weighted by Gasteiger charge is 2.27. The van der Waals surface area contributed by atoms with E-state index in [2.05, 4.69) is 5.32 Å². The number of para-hydroxylation sites is 2. The zero-order valence-corrected chi connectivity index (χ0v) is 16.5. The molecule has 154 valence electrons. The van der Waals surface area contributed by atoms with E-state index >= 15 is 0 Å². The van der Waals surface area contributed by atoms with Crippen molar-refractivity contribution in [2.75, 3.05) is 13.2 Å². The lowest BCUT2D eigenvalue weighted by Crippen LogP contribution is -2.33. The van der Waals surface area contributed by atoms with Gasteiger partial charge < -0.3 is 19.5 Å². The van der Waals surface area contributed by atoms with Crippen LogP contribution >= 0.6 is 0 Å². The first-order valence-corrected chi connectivity index (χ1v) is 9.39. The average Bonchev–Trinajstić information content (AvgIpc) is 2.70. The fourth-order valence-electron chi connectivity index (χ4n) is 2.48. The quantitative estimate of drug-likeness (QED) is 0.394.